The average Bonchev–Trinajstić information content (AvgIpc) is 3.18. The molecule has 1 aliphatic carbocycles. The molecule has 162 valence electrons. The lowest BCUT2D eigenvalue weighted by atomic mass is 9.77. The third kappa shape index (κ3) is 4.79. The maximum Gasteiger partial charge on any atom is 0.420 e. The highest BCUT2D eigenvalue weighted by molar-refractivity contribution is 5.99. The first-order valence-corrected chi connectivity index (χ1v) is 10.3. The van der Waals surface area contributed by atoms with Crippen LogP contribution >= 0.6 is 0 Å². The zero-order chi connectivity index (χ0) is 21.9. The van der Waals surface area contributed by atoms with E-state index in [1.807, 2.05) is 45.0 Å². The van der Waals surface area contributed by atoms with Crippen molar-refractivity contribution in [3.05, 3.63) is 59.2 Å². The van der Waals surface area contributed by atoms with Crippen LogP contribution in [0.2, 0.25) is 0 Å². The number of aryl methyl sites for hydroxylation is 1. The Morgan fingerprint density at radius 2 is 1.73 bits per heavy atom. The molecule has 0 bridgehead atoms. The van der Waals surface area contributed by atoms with Crippen molar-refractivity contribution < 1.29 is 22.7 Å². The van der Waals surface area contributed by atoms with E-state index in [0.717, 1.165) is 30.0 Å². The van der Waals surface area contributed by atoms with Crippen LogP contribution in [-0.4, -0.2) is 12.5 Å². The Kier molecular flexibility index (Phi) is 6.44. The lowest BCUT2D eigenvalue weighted by molar-refractivity contribution is -0.139. The minimum atomic E-state index is -4.57. The predicted octanol–water partition coefficient (Wildman–Crippen LogP) is 6.50. The average molecular weight is 419 g/mol. The Labute approximate surface area is 175 Å². The van der Waals surface area contributed by atoms with Gasteiger partial charge in [-0.3, -0.25) is 4.79 Å². The summed E-state index contributed by atoms with van der Waals surface area (Å²) < 4.78 is 46.1. The largest absolute Gasteiger partial charge is 0.493 e. The van der Waals surface area contributed by atoms with E-state index < -0.39 is 17.2 Å². The molecule has 30 heavy (non-hydrogen) atoms. The van der Waals surface area contributed by atoms with E-state index in [2.05, 4.69) is 5.32 Å². The van der Waals surface area contributed by atoms with Crippen molar-refractivity contribution in [2.24, 2.45) is 5.92 Å². The molecule has 1 saturated carbocycles. The van der Waals surface area contributed by atoms with Crippen LogP contribution in [0.1, 0.15) is 56.2 Å². The van der Waals surface area contributed by atoms with Crippen LogP contribution < -0.4 is 10.1 Å². The van der Waals surface area contributed by atoms with Gasteiger partial charge in [0.15, 0.2) is 0 Å². The summed E-state index contributed by atoms with van der Waals surface area (Å²) in [5, 5.41) is 2.75. The normalized spacial score (nSPS) is 16.0. The van der Waals surface area contributed by atoms with Crippen LogP contribution in [0.15, 0.2) is 42.5 Å². The molecule has 0 heterocycles. The molecule has 0 saturated heterocycles. The molecule has 0 atom stereocenters. The summed E-state index contributed by atoms with van der Waals surface area (Å²) >= 11 is 0. The molecule has 0 aromatic heterocycles. The zero-order valence-corrected chi connectivity index (χ0v) is 17.6. The summed E-state index contributed by atoms with van der Waals surface area (Å²) in [6, 6.07) is 11.5. The lowest BCUT2D eigenvalue weighted by Gasteiger charge is -2.29. The van der Waals surface area contributed by atoms with Gasteiger partial charge in [-0.2, -0.15) is 13.2 Å². The van der Waals surface area contributed by atoms with Crippen molar-refractivity contribution in [2.45, 2.75) is 58.0 Å². The minimum absolute atomic E-state index is 0.0993. The second-order valence-electron chi connectivity index (χ2n) is 8.52. The quantitative estimate of drug-likeness (QED) is 0.580. The van der Waals surface area contributed by atoms with Gasteiger partial charge in [-0.15, -0.1) is 0 Å². The maximum atomic E-state index is 13.6. The molecule has 0 unspecified atom stereocenters. The SMILES string of the molecule is Cc1ccc(C2(C(=O)Nc3ccc(OCC(C)C)c(C(F)(F)F)c3)CCCC2)cc1. The number of alkyl halides is 3. The van der Waals surface area contributed by atoms with Gasteiger partial charge in [0.2, 0.25) is 5.91 Å². The highest BCUT2D eigenvalue weighted by Crippen LogP contribution is 2.43. The van der Waals surface area contributed by atoms with E-state index in [4.69, 9.17) is 4.74 Å². The standard InChI is InChI=1S/C24H28F3NO2/c1-16(2)15-30-21-11-10-19(14-20(21)24(25,26)27)28-22(29)23(12-4-5-13-23)18-8-6-17(3)7-9-18/h6-11,14,16H,4-5,12-13,15H2,1-3H3,(H,28,29). The van der Waals surface area contributed by atoms with Gasteiger partial charge in [-0.25, -0.2) is 0 Å². The van der Waals surface area contributed by atoms with E-state index in [0.29, 0.717) is 12.8 Å². The van der Waals surface area contributed by atoms with E-state index in [9.17, 15) is 18.0 Å². The van der Waals surface area contributed by atoms with Gasteiger partial charge in [0.1, 0.15) is 5.75 Å². The predicted molar refractivity (Wildman–Crippen MR) is 112 cm³/mol. The van der Waals surface area contributed by atoms with Crippen LogP contribution in [0.25, 0.3) is 0 Å². The maximum absolute atomic E-state index is 13.6. The van der Waals surface area contributed by atoms with Crippen molar-refractivity contribution in [1.29, 1.82) is 0 Å². The van der Waals surface area contributed by atoms with Crippen LogP contribution in [-0.2, 0) is 16.4 Å². The number of carbonyl (C=O) groups excluding carboxylic acids is 1. The van der Waals surface area contributed by atoms with E-state index >= 15 is 0 Å². The molecule has 3 rings (SSSR count). The number of benzene rings is 2. The van der Waals surface area contributed by atoms with Gasteiger partial charge >= 0.3 is 6.18 Å². The van der Waals surface area contributed by atoms with Crippen molar-refractivity contribution in [3.8, 4) is 5.75 Å². The molecule has 6 heteroatoms. The number of hydrogen-bond acceptors (Lipinski definition) is 2. The third-order valence-electron chi connectivity index (χ3n) is 5.61. The number of carbonyl (C=O) groups is 1. The monoisotopic (exact) mass is 419 g/mol. The molecule has 0 radical (unpaired) electrons. The smallest absolute Gasteiger partial charge is 0.420 e. The van der Waals surface area contributed by atoms with Crippen LogP contribution in [0.4, 0.5) is 18.9 Å². The Balaban J connectivity index is 1.88. The fourth-order valence-corrected chi connectivity index (χ4v) is 3.96. The molecule has 1 N–H and O–H groups in total. The van der Waals surface area contributed by atoms with E-state index in [1.165, 1.54) is 12.1 Å². The highest BCUT2D eigenvalue weighted by Gasteiger charge is 2.43. The van der Waals surface area contributed by atoms with E-state index in [-0.39, 0.29) is 29.9 Å². The van der Waals surface area contributed by atoms with Crippen LogP contribution in [0, 0.1) is 12.8 Å². The topological polar surface area (TPSA) is 38.3 Å². The molecule has 2 aromatic rings. The van der Waals surface area contributed by atoms with E-state index in [1.54, 1.807) is 0 Å². The Hall–Kier alpha value is -2.50. The number of ether oxygens (including phenoxy) is 1. The number of halogens is 3. The number of nitrogens with one attached hydrogen (secondary N) is 1. The Bertz CT molecular complexity index is 882. The number of amides is 1. The fourth-order valence-electron chi connectivity index (χ4n) is 3.96. The molecule has 0 aliphatic heterocycles. The van der Waals surface area contributed by atoms with Crippen molar-refractivity contribution >= 4 is 11.6 Å². The number of anilines is 1. The van der Waals surface area contributed by atoms with Gasteiger partial charge in [-0.1, -0.05) is 56.5 Å². The Morgan fingerprint density at radius 1 is 1.10 bits per heavy atom. The second kappa shape index (κ2) is 8.70. The Morgan fingerprint density at radius 3 is 2.30 bits per heavy atom. The second-order valence-corrected chi connectivity index (χ2v) is 8.52. The first kappa shape index (κ1) is 22.2. The first-order chi connectivity index (χ1) is 14.1. The van der Waals surface area contributed by atoms with Gasteiger partial charge in [0.05, 0.1) is 17.6 Å². The summed E-state index contributed by atoms with van der Waals surface area (Å²) in [6.45, 7) is 5.90. The van der Waals surface area contributed by atoms with Crippen molar-refractivity contribution in [3.63, 3.8) is 0 Å². The van der Waals surface area contributed by atoms with Crippen LogP contribution in [0.3, 0.4) is 0 Å². The molecule has 1 fully saturated rings. The molecular formula is C24H28F3NO2. The minimum Gasteiger partial charge on any atom is -0.493 e. The van der Waals surface area contributed by atoms with Gasteiger partial charge in [0, 0.05) is 5.69 Å². The highest BCUT2D eigenvalue weighted by atomic mass is 19.4. The fraction of sp³-hybridized carbons (Fsp3) is 0.458. The van der Waals surface area contributed by atoms with Gasteiger partial charge < -0.3 is 10.1 Å². The van der Waals surface area contributed by atoms with Gasteiger partial charge in [-0.05, 0) is 49.4 Å². The zero-order valence-electron chi connectivity index (χ0n) is 17.6. The van der Waals surface area contributed by atoms with Crippen molar-refractivity contribution in [1.82, 2.24) is 0 Å². The molecule has 0 spiro atoms. The summed E-state index contributed by atoms with van der Waals surface area (Å²) in [5.41, 5.74) is 0.549. The summed E-state index contributed by atoms with van der Waals surface area (Å²) in [5.74, 6) is -0.377. The molecule has 3 nitrogen and oxygen atoms in total. The first-order valence-electron chi connectivity index (χ1n) is 10.3. The summed E-state index contributed by atoms with van der Waals surface area (Å²) in [4.78, 5) is 13.3. The summed E-state index contributed by atoms with van der Waals surface area (Å²) in [6.07, 6.45) is -1.38. The number of rotatable bonds is 6. The summed E-state index contributed by atoms with van der Waals surface area (Å²) in [7, 11) is 0. The van der Waals surface area contributed by atoms with Crippen molar-refractivity contribution in [2.75, 3.05) is 11.9 Å². The number of hydrogen-bond donors (Lipinski definition) is 1. The molecular weight excluding hydrogens is 391 g/mol. The van der Waals surface area contributed by atoms with Gasteiger partial charge in [0.25, 0.3) is 0 Å². The lowest BCUT2D eigenvalue weighted by Crippen LogP contribution is -2.38. The molecule has 1 amide bonds. The third-order valence-corrected chi connectivity index (χ3v) is 5.61. The molecule has 2 aromatic carbocycles. The van der Waals surface area contributed by atoms with Crippen LogP contribution in [0.5, 0.6) is 5.75 Å². The molecule has 1 aliphatic rings.